The molecule has 1 saturated carbocycles. The first-order chi connectivity index (χ1) is 20.9. The second kappa shape index (κ2) is 12.7. The van der Waals surface area contributed by atoms with Crippen molar-refractivity contribution >= 4 is 17.2 Å². The summed E-state index contributed by atoms with van der Waals surface area (Å²) in [5.74, 6) is 2.37. The van der Waals surface area contributed by atoms with E-state index in [0.29, 0.717) is 41.8 Å². The molecule has 1 amide bonds. The van der Waals surface area contributed by atoms with Gasteiger partial charge in [-0.1, -0.05) is 42.5 Å². The van der Waals surface area contributed by atoms with E-state index in [-0.39, 0.29) is 5.56 Å². The fourth-order valence-electron chi connectivity index (χ4n) is 4.81. The van der Waals surface area contributed by atoms with E-state index in [9.17, 15) is 9.59 Å². The molecule has 1 aliphatic carbocycles. The number of hydrogen-bond acceptors (Lipinski definition) is 9. The summed E-state index contributed by atoms with van der Waals surface area (Å²) in [5, 5.41) is 14.1. The fraction of sp³-hybridized carbons (Fsp3) is 0.312. The Morgan fingerprint density at radius 3 is 2.49 bits per heavy atom. The number of pyridine rings is 1. The lowest BCUT2D eigenvalue weighted by molar-refractivity contribution is -0.128. The van der Waals surface area contributed by atoms with E-state index in [2.05, 4.69) is 34.2 Å². The van der Waals surface area contributed by atoms with Gasteiger partial charge >= 0.3 is 0 Å². The number of nitrogens with zero attached hydrogens (tertiary/aromatic N) is 6. The summed E-state index contributed by atoms with van der Waals surface area (Å²) in [7, 11) is 0. The van der Waals surface area contributed by atoms with Crippen molar-refractivity contribution in [3.8, 4) is 33.5 Å². The van der Waals surface area contributed by atoms with Crippen LogP contribution in [0.15, 0.2) is 82.5 Å². The average molecular weight is 597 g/mol. The van der Waals surface area contributed by atoms with Gasteiger partial charge in [-0.2, -0.15) is 4.98 Å². The molecule has 2 aliphatic rings. The minimum Gasteiger partial charge on any atom is -0.457 e. The predicted octanol–water partition coefficient (Wildman–Crippen LogP) is 6.15. The van der Waals surface area contributed by atoms with Crippen LogP contribution in [0.3, 0.4) is 0 Å². The lowest BCUT2D eigenvalue weighted by Crippen LogP contribution is -2.26. The van der Waals surface area contributed by atoms with E-state index in [1.54, 1.807) is 28.2 Å². The van der Waals surface area contributed by atoms with E-state index in [0.717, 1.165) is 46.1 Å². The number of aromatic nitrogens is 5. The van der Waals surface area contributed by atoms with Crippen molar-refractivity contribution in [2.45, 2.75) is 58.0 Å². The molecule has 11 heteroatoms. The van der Waals surface area contributed by atoms with Crippen molar-refractivity contribution in [2.75, 3.05) is 6.54 Å². The molecule has 4 heterocycles. The summed E-state index contributed by atoms with van der Waals surface area (Å²) in [6.07, 6.45) is 7.51. The summed E-state index contributed by atoms with van der Waals surface area (Å²) < 4.78 is 13.1. The van der Waals surface area contributed by atoms with Gasteiger partial charge in [0, 0.05) is 53.9 Å². The van der Waals surface area contributed by atoms with Crippen LogP contribution in [0.1, 0.15) is 56.0 Å². The second-order valence-corrected chi connectivity index (χ2v) is 11.9. The third-order valence-corrected chi connectivity index (χ3v) is 8.55. The molecule has 3 aromatic heterocycles. The molecule has 0 radical (unpaired) electrons. The maximum atomic E-state index is 12.2. The molecular formula is C32H32N6O4S. The van der Waals surface area contributed by atoms with Crippen LogP contribution in [0, 0.1) is 0 Å². The molecular weight excluding hydrogens is 564 g/mol. The third-order valence-electron chi connectivity index (χ3n) is 7.28. The highest BCUT2D eigenvalue weighted by Crippen LogP contribution is 2.33. The summed E-state index contributed by atoms with van der Waals surface area (Å²) in [4.78, 5) is 29.4. The first-order valence-electron chi connectivity index (χ1n) is 14.4. The van der Waals surface area contributed by atoms with Gasteiger partial charge in [-0.15, -0.1) is 10.2 Å². The fourth-order valence-corrected chi connectivity index (χ4v) is 5.66. The standard InChI is InChI=1S/C25H21N5O3S.C7H11NO/c1-16(2)24-28-29-25(34-24)17-8-10-20(11-9-17)32-21-13-18(23-26-15-27-33-23)6-7-19(21)14-30-12-4-3-5-22(30)31;9-7-2-1-5-8(7)6-3-4-6/h3-13,15-16H,14H2,1-2H3;6H,1-5H2. The molecule has 0 bridgehead atoms. The molecule has 5 aromatic rings. The van der Waals surface area contributed by atoms with Crippen molar-refractivity contribution in [2.24, 2.45) is 0 Å². The topological polar surface area (TPSA) is 116 Å². The lowest BCUT2D eigenvalue weighted by Gasteiger charge is -2.14. The van der Waals surface area contributed by atoms with Gasteiger partial charge in [0.05, 0.1) is 6.54 Å². The monoisotopic (exact) mass is 596 g/mol. The number of ether oxygens (including phenoxy) is 1. The maximum Gasteiger partial charge on any atom is 0.257 e. The highest BCUT2D eigenvalue weighted by Gasteiger charge is 2.34. The van der Waals surface area contributed by atoms with Gasteiger partial charge in [0.25, 0.3) is 11.4 Å². The first-order valence-corrected chi connectivity index (χ1v) is 15.2. The van der Waals surface area contributed by atoms with Crippen LogP contribution in [0.2, 0.25) is 0 Å². The highest BCUT2D eigenvalue weighted by molar-refractivity contribution is 7.14. The molecule has 0 spiro atoms. The average Bonchev–Trinajstić information content (AvgIpc) is 3.38. The zero-order valence-electron chi connectivity index (χ0n) is 24.1. The Hall–Kier alpha value is -4.64. The molecule has 1 aliphatic heterocycles. The molecule has 220 valence electrons. The van der Waals surface area contributed by atoms with Gasteiger partial charge in [-0.25, -0.2) is 0 Å². The Bertz CT molecular complexity index is 1740. The SMILES string of the molecule is CC(C)c1nnc(-c2ccc(Oc3cc(-c4ncno4)ccc3Cn3ccccc3=O)cc2)s1.O=C1CCCN1C1CC1. The van der Waals surface area contributed by atoms with Crippen LogP contribution in [0.25, 0.3) is 22.0 Å². The first kappa shape index (κ1) is 28.5. The molecule has 0 unspecified atom stereocenters. The molecule has 2 aromatic carbocycles. The Morgan fingerprint density at radius 2 is 1.84 bits per heavy atom. The molecule has 7 rings (SSSR count). The summed E-state index contributed by atoms with van der Waals surface area (Å²) in [6.45, 7) is 5.60. The normalized spacial score (nSPS) is 14.6. The zero-order valence-corrected chi connectivity index (χ0v) is 24.9. The van der Waals surface area contributed by atoms with Gasteiger partial charge in [-0.3, -0.25) is 9.59 Å². The number of rotatable bonds is 8. The maximum absolute atomic E-state index is 12.2. The number of hydrogen-bond donors (Lipinski definition) is 0. The van der Waals surface area contributed by atoms with Gasteiger partial charge in [-0.05, 0) is 61.7 Å². The Labute approximate surface area is 253 Å². The number of carbonyl (C=O) groups is 1. The number of amides is 1. The smallest absolute Gasteiger partial charge is 0.257 e. The minimum absolute atomic E-state index is 0.0865. The Balaban J connectivity index is 0.000000310. The Kier molecular flexibility index (Phi) is 8.41. The van der Waals surface area contributed by atoms with Crippen molar-refractivity contribution in [3.63, 3.8) is 0 Å². The van der Waals surface area contributed by atoms with Gasteiger partial charge < -0.3 is 18.7 Å². The van der Waals surface area contributed by atoms with Crippen LogP contribution in [0.5, 0.6) is 11.5 Å². The second-order valence-electron chi connectivity index (χ2n) is 10.9. The van der Waals surface area contributed by atoms with Crippen molar-refractivity contribution in [1.82, 2.24) is 29.8 Å². The molecule has 43 heavy (non-hydrogen) atoms. The zero-order chi connectivity index (χ0) is 29.8. The van der Waals surface area contributed by atoms with E-state index in [4.69, 9.17) is 9.26 Å². The molecule has 10 nitrogen and oxygen atoms in total. The summed E-state index contributed by atoms with van der Waals surface area (Å²) in [6, 6.07) is 19.0. The molecule has 1 saturated heterocycles. The Morgan fingerprint density at radius 1 is 1.02 bits per heavy atom. The number of likely N-dealkylation sites (tertiary alicyclic amines) is 1. The largest absolute Gasteiger partial charge is 0.457 e. The third kappa shape index (κ3) is 6.89. The predicted molar refractivity (Wildman–Crippen MR) is 163 cm³/mol. The molecule has 0 atom stereocenters. The van der Waals surface area contributed by atoms with E-state index < -0.39 is 0 Å². The van der Waals surface area contributed by atoms with Crippen molar-refractivity contribution in [1.29, 1.82) is 0 Å². The van der Waals surface area contributed by atoms with Gasteiger partial charge in [0.1, 0.15) is 21.5 Å². The van der Waals surface area contributed by atoms with Crippen LogP contribution in [-0.4, -0.2) is 48.3 Å². The van der Waals surface area contributed by atoms with Crippen molar-refractivity contribution < 1.29 is 14.1 Å². The highest BCUT2D eigenvalue weighted by atomic mass is 32.1. The van der Waals surface area contributed by atoms with Crippen LogP contribution in [-0.2, 0) is 11.3 Å². The number of benzene rings is 2. The molecule has 2 fully saturated rings. The summed E-state index contributed by atoms with van der Waals surface area (Å²) in [5.41, 5.74) is 2.46. The van der Waals surface area contributed by atoms with E-state index >= 15 is 0 Å². The van der Waals surface area contributed by atoms with Crippen LogP contribution in [0.4, 0.5) is 0 Å². The summed E-state index contributed by atoms with van der Waals surface area (Å²) >= 11 is 1.59. The van der Waals surface area contributed by atoms with Crippen LogP contribution < -0.4 is 10.3 Å². The van der Waals surface area contributed by atoms with E-state index in [1.807, 2.05) is 53.4 Å². The quantitative estimate of drug-likeness (QED) is 0.209. The van der Waals surface area contributed by atoms with Gasteiger partial charge in [0.2, 0.25) is 5.91 Å². The minimum atomic E-state index is -0.0865. The van der Waals surface area contributed by atoms with Crippen molar-refractivity contribution in [3.05, 3.63) is 94.1 Å². The van der Waals surface area contributed by atoms with Crippen LogP contribution >= 0.6 is 11.3 Å². The number of carbonyl (C=O) groups excluding carboxylic acids is 1. The lowest BCUT2D eigenvalue weighted by atomic mass is 10.1. The van der Waals surface area contributed by atoms with Gasteiger partial charge in [0.15, 0.2) is 6.33 Å². The van der Waals surface area contributed by atoms with E-state index in [1.165, 1.54) is 25.2 Å². The molecule has 0 N–H and O–H groups in total.